The highest BCUT2D eigenvalue weighted by Gasteiger charge is 2.01. The fourth-order valence-electron chi connectivity index (χ4n) is 1.75. The van der Waals surface area contributed by atoms with E-state index in [0.717, 1.165) is 12.1 Å². The lowest BCUT2D eigenvalue weighted by Gasteiger charge is -2.07. The SMILES string of the molecule is Cc1ccc(CNCc2ccc(O)cc2O)cc1. The standard InChI is InChI=1S/C15H17NO2/c1-11-2-4-12(5-3-11)9-16-10-13-6-7-14(17)8-15(13)18/h2-8,16-18H,9-10H2,1H3. The van der Waals surface area contributed by atoms with Gasteiger partial charge in [0.2, 0.25) is 0 Å². The van der Waals surface area contributed by atoms with Gasteiger partial charge < -0.3 is 15.5 Å². The summed E-state index contributed by atoms with van der Waals surface area (Å²) in [7, 11) is 0. The Morgan fingerprint density at radius 1 is 0.944 bits per heavy atom. The number of nitrogens with one attached hydrogen (secondary N) is 1. The van der Waals surface area contributed by atoms with Crippen molar-refractivity contribution in [3.05, 3.63) is 59.2 Å². The van der Waals surface area contributed by atoms with E-state index in [1.807, 2.05) is 0 Å². The lowest BCUT2D eigenvalue weighted by atomic mass is 10.1. The smallest absolute Gasteiger partial charge is 0.123 e. The Hall–Kier alpha value is -2.00. The monoisotopic (exact) mass is 243 g/mol. The second-order valence-corrected chi connectivity index (χ2v) is 4.40. The number of hydrogen-bond donors (Lipinski definition) is 3. The summed E-state index contributed by atoms with van der Waals surface area (Å²) in [5.74, 6) is 0.196. The summed E-state index contributed by atoms with van der Waals surface area (Å²) >= 11 is 0. The Morgan fingerprint density at radius 2 is 1.67 bits per heavy atom. The number of rotatable bonds is 4. The Balaban J connectivity index is 1.90. The van der Waals surface area contributed by atoms with Crippen LogP contribution in [0.5, 0.6) is 11.5 Å². The largest absolute Gasteiger partial charge is 0.508 e. The van der Waals surface area contributed by atoms with Crippen LogP contribution in [0.25, 0.3) is 0 Å². The predicted molar refractivity (Wildman–Crippen MR) is 71.5 cm³/mol. The molecule has 2 aromatic rings. The predicted octanol–water partition coefficient (Wildman–Crippen LogP) is 2.70. The molecule has 0 aliphatic heterocycles. The molecular formula is C15H17NO2. The van der Waals surface area contributed by atoms with Gasteiger partial charge in [0.05, 0.1) is 0 Å². The molecule has 94 valence electrons. The molecule has 0 unspecified atom stereocenters. The maximum absolute atomic E-state index is 9.62. The topological polar surface area (TPSA) is 52.5 Å². The maximum Gasteiger partial charge on any atom is 0.123 e. The Kier molecular flexibility index (Phi) is 3.85. The molecule has 2 aromatic carbocycles. The summed E-state index contributed by atoms with van der Waals surface area (Å²) in [6.45, 7) is 3.38. The Labute approximate surface area is 107 Å². The first-order valence-electron chi connectivity index (χ1n) is 5.92. The molecule has 3 N–H and O–H groups in total. The first-order valence-corrected chi connectivity index (χ1v) is 5.92. The van der Waals surface area contributed by atoms with Gasteiger partial charge in [0.15, 0.2) is 0 Å². The molecule has 0 amide bonds. The highest BCUT2D eigenvalue weighted by molar-refractivity contribution is 5.38. The molecule has 3 heteroatoms. The lowest BCUT2D eigenvalue weighted by Crippen LogP contribution is -2.12. The fraction of sp³-hybridized carbons (Fsp3) is 0.200. The van der Waals surface area contributed by atoms with Crippen molar-refractivity contribution >= 4 is 0 Å². The third-order valence-electron chi connectivity index (χ3n) is 2.83. The van der Waals surface area contributed by atoms with Crippen LogP contribution >= 0.6 is 0 Å². The van der Waals surface area contributed by atoms with Crippen molar-refractivity contribution in [3.63, 3.8) is 0 Å². The van der Waals surface area contributed by atoms with Gasteiger partial charge in [0, 0.05) is 24.7 Å². The van der Waals surface area contributed by atoms with Crippen molar-refractivity contribution in [1.29, 1.82) is 0 Å². The van der Waals surface area contributed by atoms with Gasteiger partial charge in [-0.15, -0.1) is 0 Å². The van der Waals surface area contributed by atoms with E-state index in [1.54, 1.807) is 12.1 Å². The molecule has 0 heterocycles. The van der Waals surface area contributed by atoms with Gasteiger partial charge in [0.25, 0.3) is 0 Å². The van der Waals surface area contributed by atoms with E-state index in [1.165, 1.54) is 17.2 Å². The summed E-state index contributed by atoms with van der Waals surface area (Å²) in [4.78, 5) is 0. The zero-order valence-corrected chi connectivity index (χ0v) is 10.4. The molecule has 3 nitrogen and oxygen atoms in total. The molecule has 0 aromatic heterocycles. The lowest BCUT2D eigenvalue weighted by molar-refractivity contribution is 0.443. The van der Waals surface area contributed by atoms with Crippen LogP contribution in [0.2, 0.25) is 0 Å². The van der Waals surface area contributed by atoms with Crippen molar-refractivity contribution in [3.8, 4) is 11.5 Å². The second kappa shape index (κ2) is 5.56. The highest BCUT2D eigenvalue weighted by Crippen LogP contribution is 2.22. The Bertz CT molecular complexity index is 521. The van der Waals surface area contributed by atoms with E-state index in [0.29, 0.717) is 6.54 Å². The quantitative estimate of drug-likeness (QED) is 0.774. The molecule has 0 radical (unpaired) electrons. The first-order chi connectivity index (χ1) is 8.65. The van der Waals surface area contributed by atoms with E-state index in [2.05, 4.69) is 36.5 Å². The van der Waals surface area contributed by atoms with E-state index in [-0.39, 0.29) is 11.5 Å². The third kappa shape index (κ3) is 3.25. The van der Waals surface area contributed by atoms with Gasteiger partial charge >= 0.3 is 0 Å². The van der Waals surface area contributed by atoms with Crippen molar-refractivity contribution in [1.82, 2.24) is 5.32 Å². The summed E-state index contributed by atoms with van der Waals surface area (Å²) < 4.78 is 0. The molecule has 0 spiro atoms. The van der Waals surface area contributed by atoms with E-state index >= 15 is 0 Å². The van der Waals surface area contributed by atoms with E-state index in [9.17, 15) is 10.2 Å². The minimum atomic E-state index is 0.0785. The van der Waals surface area contributed by atoms with Crippen LogP contribution in [0.4, 0.5) is 0 Å². The summed E-state index contributed by atoms with van der Waals surface area (Å²) in [6.07, 6.45) is 0. The molecule has 2 rings (SSSR count). The first kappa shape index (κ1) is 12.5. The van der Waals surface area contributed by atoms with Gasteiger partial charge in [-0.3, -0.25) is 0 Å². The highest BCUT2D eigenvalue weighted by atomic mass is 16.3. The van der Waals surface area contributed by atoms with Crippen LogP contribution in [0.1, 0.15) is 16.7 Å². The number of aromatic hydroxyl groups is 2. The number of benzene rings is 2. The molecule has 0 aliphatic rings. The van der Waals surface area contributed by atoms with E-state index in [4.69, 9.17) is 0 Å². The van der Waals surface area contributed by atoms with Crippen molar-refractivity contribution in [2.75, 3.05) is 0 Å². The molecule has 0 aliphatic carbocycles. The molecule has 0 fully saturated rings. The van der Waals surface area contributed by atoms with Crippen molar-refractivity contribution in [2.45, 2.75) is 20.0 Å². The number of phenolic OH excluding ortho intramolecular Hbond substituents is 2. The van der Waals surface area contributed by atoms with Gasteiger partial charge in [-0.25, -0.2) is 0 Å². The van der Waals surface area contributed by atoms with Crippen LogP contribution in [0.3, 0.4) is 0 Å². The van der Waals surface area contributed by atoms with Gasteiger partial charge in [-0.05, 0) is 18.6 Å². The minimum absolute atomic E-state index is 0.0785. The molecule has 0 saturated carbocycles. The van der Waals surface area contributed by atoms with Crippen molar-refractivity contribution in [2.24, 2.45) is 0 Å². The van der Waals surface area contributed by atoms with Gasteiger partial charge in [-0.2, -0.15) is 0 Å². The van der Waals surface area contributed by atoms with Crippen LogP contribution in [-0.2, 0) is 13.1 Å². The summed E-state index contributed by atoms with van der Waals surface area (Å²) in [5, 5.41) is 22.1. The number of hydrogen-bond acceptors (Lipinski definition) is 3. The van der Waals surface area contributed by atoms with Crippen LogP contribution in [0.15, 0.2) is 42.5 Å². The van der Waals surface area contributed by atoms with Gasteiger partial charge in [-0.1, -0.05) is 35.9 Å². The summed E-state index contributed by atoms with van der Waals surface area (Å²) in [5.41, 5.74) is 3.23. The molecule has 0 saturated heterocycles. The number of aryl methyl sites for hydroxylation is 1. The zero-order valence-electron chi connectivity index (χ0n) is 10.4. The number of phenols is 2. The van der Waals surface area contributed by atoms with Crippen LogP contribution in [0, 0.1) is 6.92 Å². The van der Waals surface area contributed by atoms with Crippen LogP contribution in [-0.4, -0.2) is 10.2 Å². The van der Waals surface area contributed by atoms with E-state index < -0.39 is 0 Å². The average molecular weight is 243 g/mol. The average Bonchev–Trinajstić information content (AvgIpc) is 2.34. The summed E-state index contributed by atoms with van der Waals surface area (Å²) in [6, 6.07) is 13.0. The van der Waals surface area contributed by atoms with Crippen LogP contribution < -0.4 is 5.32 Å². The maximum atomic E-state index is 9.62. The Morgan fingerprint density at radius 3 is 2.33 bits per heavy atom. The fourth-order valence-corrected chi connectivity index (χ4v) is 1.75. The van der Waals surface area contributed by atoms with Gasteiger partial charge in [0.1, 0.15) is 11.5 Å². The molecule has 0 bridgehead atoms. The molecular weight excluding hydrogens is 226 g/mol. The molecule has 18 heavy (non-hydrogen) atoms. The minimum Gasteiger partial charge on any atom is -0.508 e. The third-order valence-corrected chi connectivity index (χ3v) is 2.83. The molecule has 0 atom stereocenters. The zero-order chi connectivity index (χ0) is 13.0. The second-order valence-electron chi connectivity index (χ2n) is 4.40. The normalized spacial score (nSPS) is 10.5. The van der Waals surface area contributed by atoms with Crippen molar-refractivity contribution < 1.29 is 10.2 Å².